The number of rotatable bonds is 13. The lowest BCUT2D eigenvalue weighted by molar-refractivity contribution is -0.145. The normalized spacial score (nSPS) is 20.9. The highest BCUT2D eigenvalue weighted by atomic mass is 79.9. The van der Waals surface area contributed by atoms with Gasteiger partial charge >= 0.3 is 5.97 Å². The van der Waals surface area contributed by atoms with Crippen molar-refractivity contribution in [2.45, 2.75) is 77.2 Å². The molecule has 0 radical (unpaired) electrons. The van der Waals surface area contributed by atoms with Crippen molar-refractivity contribution in [1.82, 2.24) is 0 Å². The lowest BCUT2D eigenvalue weighted by Gasteiger charge is -2.26. The van der Waals surface area contributed by atoms with Crippen molar-refractivity contribution in [2.75, 3.05) is 19.1 Å². The predicted octanol–water partition coefficient (Wildman–Crippen LogP) is 6.94. The molecule has 176 valence electrons. The first-order valence-corrected chi connectivity index (χ1v) is 14.1. The number of hydrogen-bond acceptors (Lipinski definition) is 4. The van der Waals surface area contributed by atoms with Crippen LogP contribution in [0.1, 0.15) is 64.5 Å². The maximum atomic E-state index is 12.2. The summed E-state index contributed by atoms with van der Waals surface area (Å²) in [6.45, 7) is 8.82. The number of thioether (sulfide) groups is 1. The Bertz CT molecular complexity index is 691. The number of unbranched alkanes of at least 4 members (excludes halogenated alkanes) is 1. The molecule has 1 aromatic carbocycles. The number of methoxy groups -OCH3 is 1. The first kappa shape index (κ1) is 26.6. The van der Waals surface area contributed by atoms with Crippen LogP contribution in [0, 0.1) is 23.7 Å². The number of ether oxygens (including phenoxy) is 2. The van der Waals surface area contributed by atoms with Gasteiger partial charge in [-0.3, -0.25) is 4.79 Å². The van der Waals surface area contributed by atoms with E-state index in [1.807, 2.05) is 11.8 Å². The fourth-order valence-electron chi connectivity index (χ4n) is 4.45. The highest BCUT2D eigenvalue weighted by Crippen LogP contribution is 2.36. The molecule has 1 saturated heterocycles. The van der Waals surface area contributed by atoms with E-state index in [4.69, 9.17) is 9.47 Å². The summed E-state index contributed by atoms with van der Waals surface area (Å²) in [6, 6.07) is 6.70. The third kappa shape index (κ3) is 7.99. The van der Waals surface area contributed by atoms with Crippen molar-refractivity contribution < 1.29 is 14.3 Å². The molecular formula is C26H41BrO3S. The van der Waals surface area contributed by atoms with Crippen LogP contribution in [0.5, 0.6) is 5.75 Å². The van der Waals surface area contributed by atoms with Gasteiger partial charge in [0.15, 0.2) is 0 Å². The zero-order chi connectivity index (χ0) is 23.0. The minimum Gasteiger partial charge on any atom is -0.496 e. The van der Waals surface area contributed by atoms with Crippen LogP contribution in [-0.4, -0.2) is 36.0 Å². The number of aryl methyl sites for hydroxylation is 1. The van der Waals surface area contributed by atoms with E-state index in [0.29, 0.717) is 17.8 Å². The molecule has 1 aromatic rings. The van der Waals surface area contributed by atoms with Crippen LogP contribution in [0.3, 0.4) is 0 Å². The Labute approximate surface area is 202 Å². The SMILES string of the molecule is COc1ccc(CC(C[C@@H](Br)C2C[C@@H](C(C)C)C(=O)O2)C(C)C)cc1CCCCSC. The monoisotopic (exact) mass is 512 g/mol. The Kier molecular flexibility index (Phi) is 11.3. The van der Waals surface area contributed by atoms with E-state index >= 15 is 0 Å². The number of halogens is 1. The standard InChI is InChI=1S/C26H41BrO3S/c1-17(2)21(15-23(27)25-16-22(18(3)4)26(28)30-25)14-19-10-11-24(29-5)20(13-19)9-7-8-12-31-6/h10-11,13,17-18,21-23,25H,7-9,12,14-16H2,1-6H3/t21?,22-,23+,25?/m0/s1. The molecule has 0 aliphatic carbocycles. The summed E-state index contributed by atoms with van der Waals surface area (Å²) in [7, 11) is 1.76. The molecule has 0 saturated carbocycles. The van der Waals surface area contributed by atoms with E-state index in [-0.39, 0.29) is 22.8 Å². The minimum absolute atomic E-state index is 0.0102. The van der Waals surface area contributed by atoms with E-state index in [0.717, 1.165) is 31.4 Å². The van der Waals surface area contributed by atoms with Crippen LogP contribution >= 0.6 is 27.7 Å². The molecule has 4 atom stereocenters. The van der Waals surface area contributed by atoms with E-state index in [2.05, 4.69) is 68.1 Å². The molecule has 5 heteroatoms. The second-order valence-corrected chi connectivity index (χ2v) is 11.8. The highest BCUT2D eigenvalue weighted by Gasteiger charge is 2.40. The number of alkyl halides is 1. The third-order valence-corrected chi connectivity index (χ3v) is 8.28. The quantitative estimate of drug-likeness (QED) is 0.163. The Morgan fingerprint density at radius 3 is 2.55 bits per heavy atom. The predicted molar refractivity (Wildman–Crippen MR) is 137 cm³/mol. The summed E-state index contributed by atoms with van der Waals surface area (Å²) in [5, 5.41) is 0. The lowest BCUT2D eigenvalue weighted by atomic mass is 9.83. The number of carbonyl (C=O) groups excluding carboxylic acids is 1. The van der Waals surface area contributed by atoms with Crippen molar-refractivity contribution in [3.05, 3.63) is 29.3 Å². The second kappa shape index (κ2) is 13.1. The van der Waals surface area contributed by atoms with Crippen molar-refractivity contribution in [1.29, 1.82) is 0 Å². The van der Waals surface area contributed by atoms with Crippen LogP contribution in [-0.2, 0) is 22.4 Å². The highest BCUT2D eigenvalue weighted by molar-refractivity contribution is 9.09. The zero-order valence-corrected chi connectivity index (χ0v) is 22.6. The van der Waals surface area contributed by atoms with Gasteiger partial charge in [0, 0.05) is 0 Å². The number of cyclic esters (lactones) is 1. The van der Waals surface area contributed by atoms with Gasteiger partial charge in [-0.15, -0.1) is 0 Å². The number of benzene rings is 1. The molecule has 1 aliphatic rings. The Morgan fingerprint density at radius 2 is 1.97 bits per heavy atom. The van der Waals surface area contributed by atoms with Crippen molar-refractivity contribution in [3.8, 4) is 5.75 Å². The van der Waals surface area contributed by atoms with Gasteiger partial charge in [-0.05, 0) is 85.5 Å². The van der Waals surface area contributed by atoms with Gasteiger partial charge in [-0.2, -0.15) is 11.8 Å². The smallest absolute Gasteiger partial charge is 0.309 e. The Morgan fingerprint density at radius 1 is 1.23 bits per heavy atom. The molecule has 0 bridgehead atoms. The minimum atomic E-state index is -0.0215. The van der Waals surface area contributed by atoms with Gasteiger partial charge in [0.25, 0.3) is 0 Å². The average Bonchev–Trinajstić information content (AvgIpc) is 3.13. The summed E-state index contributed by atoms with van der Waals surface area (Å²) in [4.78, 5) is 12.4. The van der Waals surface area contributed by atoms with E-state index in [1.54, 1.807) is 7.11 Å². The van der Waals surface area contributed by atoms with Gasteiger partial charge in [-0.1, -0.05) is 55.8 Å². The van der Waals surface area contributed by atoms with E-state index in [1.165, 1.54) is 29.7 Å². The summed E-state index contributed by atoms with van der Waals surface area (Å²) in [5.74, 6) is 3.67. The fraction of sp³-hybridized carbons (Fsp3) is 0.731. The number of carbonyl (C=O) groups is 1. The average molecular weight is 514 g/mol. The van der Waals surface area contributed by atoms with Gasteiger partial charge in [0.05, 0.1) is 17.9 Å². The summed E-state index contributed by atoms with van der Waals surface area (Å²) in [5.41, 5.74) is 2.70. The Hall–Kier alpha value is -0.680. The first-order chi connectivity index (χ1) is 14.8. The summed E-state index contributed by atoms with van der Waals surface area (Å²) >= 11 is 5.79. The fourth-order valence-corrected chi connectivity index (χ4v) is 5.74. The van der Waals surface area contributed by atoms with Crippen LogP contribution in [0.4, 0.5) is 0 Å². The van der Waals surface area contributed by atoms with Crippen molar-refractivity contribution in [2.24, 2.45) is 23.7 Å². The molecule has 1 aliphatic heterocycles. The molecular weight excluding hydrogens is 472 g/mol. The van der Waals surface area contributed by atoms with Crippen molar-refractivity contribution >= 4 is 33.7 Å². The molecule has 1 heterocycles. The first-order valence-electron chi connectivity index (χ1n) is 11.8. The van der Waals surface area contributed by atoms with Gasteiger partial charge in [0.2, 0.25) is 0 Å². The number of hydrogen-bond donors (Lipinski definition) is 0. The van der Waals surface area contributed by atoms with Gasteiger partial charge in [-0.25, -0.2) is 0 Å². The largest absolute Gasteiger partial charge is 0.496 e. The van der Waals surface area contributed by atoms with Crippen LogP contribution in [0.15, 0.2) is 18.2 Å². The van der Waals surface area contributed by atoms with E-state index in [9.17, 15) is 4.79 Å². The zero-order valence-electron chi connectivity index (χ0n) is 20.2. The van der Waals surface area contributed by atoms with Crippen molar-refractivity contribution in [3.63, 3.8) is 0 Å². The van der Waals surface area contributed by atoms with Crippen LogP contribution in [0.25, 0.3) is 0 Å². The maximum absolute atomic E-state index is 12.2. The maximum Gasteiger partial charge on any atom is 0.309 e. The van der Waals surface area contributed by atoms with Gasteiger partial charge < -0.3 is 9.47 Å². The molecule has 0 amide bonds. The molecule has 2 rings (SSSR count). The second-order valence-electron chi connectivity index (χ2n) is 9.62. The molecule has 0 spiro atoms. The number of esters is 1. The molecule has 31 heavy (non-hydrogen) atoms. The third-order valence-electron chi connectivity index (χ3n) is 6.62. The molecule has 1 fully saturated rings. The van der Waals surface area contributed by atoms with Crippen LogP contribution < -0.4 is 4.74 Å². The molecule has 2 unspecified atom stereocenters. The molecule has 0 N–H and O–H groups in total. The lowest BCUT2D eigenvalue weighted by Crippen LogP contribution is -2.26. The Balaban J connectivity index is 2.03. The van der Waals surface area contributed by atoms with Gasteiger partial charge in [0.1, 0.15) is 11.9 Å². The summed E-state index contributed by atoms with van der Waals surface area (Å²) < 4.78 is 11.4. The van der Waals surface area contributed by atoms with Crippen LogP contribution in [0.2, 0.25) is 0 Å². The van der Waals surface area contributed by atoms with E-state index < -0.39 is 0 Å². The summed E-state index contributed by atoms with van der Waals surface area (Å²) in [6.07, 6.45) is 8.54. The topological polar surface area (TPSA) is 35.5 Å². The molecule has 0 aromatic heterocycles. The molecule has 3 nitrogen and oxygen atoms in total.